The Labute approximate surface area is 171 Å². The Bertz CT molecular complexity index is 1010. The number of alkyl halides is 4. The van der Waals surface area contributed by atoms with Crippen molar-refractivity contribution in [1.82, 2.24) is 4.98 Å². The smallest absolute Gasteiger partial charge is 0.385 e. The van der Waals surface area contributed by atoms with Gasteiger partial charge in [-0.05, 0) is 37.3 Å². The molecule has 1 aromatic heterocycles. The number of aromatic nitrogens is 1. The van der Waals surface area contributed by atoms with Crippen molar-refractivity contribution in [2.75, 3.05) is 11.9 Å². The number of amidine groups is 1. The largest absolute Gasteiger partial charge is 0.451 e. The van der Waals surface area contributed by atoms with E-state index < -0.39 is 47.3 Å². The van der Waals surface area contributed by atoms with Gasteiger partial charge in [-0.25, -0.2) is 9.37 Å². The van der Waals surface area contributed by atoms with Crippen molar-refractivity contribution < 1.29 is 31.5 Å². The molecule has 160 valence electrons. The number of amides is 1. The summed E-state index contributed by atoms with van der Waals surface area (Å²) in [6, 6.07) is 5.38. The Hall–Kier alpha value is -2.79. The lowest BCUT2D eigenvalue weighted by Gasteiger charge is -2.43. The molecular formula is C18H14ClF5N4O2. The summed E-state index contributed by atoms with van der Waals surface area (Å²) in [4.78, 5) is 19.6. The highest BCUT2D eigenvalue weighted by atomic mass is 35.5. The number of aliphatic imine (C=N–C) groups is 1. The SMILES string of the molecule is CC1(c2cc(NC(=O)c3ccc(Cl)cn3)ccc2F)N=C(N)COC1(F)C(F)(F)F. The lowest BCUT2D eigenvalue weighted by molar-refractivity contribution is -0.357. The molecular weight excluding hydrogens is 435 g/mol. The molecule has 0 aliphatic carbocycles. The first-order chi connectivity index (χ1) is 13.9. The molecule has 6 nitrogen and oxygen atoms in total. The lowest BCUT2D eigenvalue weighted by atomic mass is 9.82. The van der Waals surface area contributed by atoms with Crippen molar-refractivity contribution in [2.24, 2.45) is 10.7 Å². The number of hydrogen-bond acceptors (Lipinski definition) is 5. The summed E-state index contributed by atoms with van der Waals surface area (Å²) in [6.07, 6.45) is -4.34. The van der Waals surface area contributed by atoms with E-state index >= 15 is 4.39 Å². The number of pyridine rings is 1. The molecule has 0 saturated carbocycles. The molecule has 0 saturated heterocycles. The van der Waals surface area contributed by atoms with E-state index in [1.54, 1.807) is 0 Å². The van der Waals surface area contributed by atoms with Gasteiger partial charge in [0.15, 0.2) is 5.54 Å². The second-order valence-electron chi connectivity index (χ2n) is 6.57. The van der Waals surface area contributed by atoms with E-state index in [9.17, 15) is 22.4 Å². The lowest BCUT2D eigenvalue weighted by Crippen LogP contribution is -2.61. The number of carbonyl (C=O) groups is 1. The van der Waals surface area contributed by atoms with Crippen LogP contribution in [0.3, 0.4) is 0 Å². The number of benzene rings is 1. The van der Waals surface area contributed by atoms with Crippen LogP contribution in [0.5, 0.6) is 0 Å². The van der Waals surface area contributed by atoms with E-state index in [-0.39, 0.29) is 16.4 Å². The number of anilines is 1. The van der Waals surface area contributed by atoms with Crippen LogP contribution in [0.15, 0.2) is 41.5 Å². The molecule has 0 radical (unpaired) electrons. The van der Waals surface area contributed by atoms with Crippen molar-refractivity contribution in [3.63, 3.8) is 0 Å². The summed E-state index contributed by atoms with van der Waals surface area (Å²) in [6.45, 7) is -0.219. The third kappa shape index (κ3) is 3.70. The summed E-state index contributed by atoms with van der Waals surface area (Å²) in [5.74, 6) is -6.76. The molecule has 3 N–H and O–H groups in total. The summed E-state index contributed by atoms with van der Waals surface area (Å²) in [5.41, 5.74) is 1.54. The standard InChI is InChI=1S/C18H14ClF5N4O2/c1-16(17(21,18(22,23)24)30-8-14(25)28-16)11-6-10(3-4-12(11)20)27-15(29)13-5-2-9(19)7-26-13/h2-7H,8H2,1H3,(H2,25,28)(H,27,29). The molecule has 1 amide bonds. The first kappa shape index (κ1) is 21.9. The molecule has 2 aromatic rings. The van der Waals surface area contributed by atoms with E-state index in [0.29, 0.717) is 6.92 Å². The van der Waals surface area contributed by atoms with Crippen LogP contribution >= 0.6 is 11.6 Å². The Morgan fingerprint density at radius 3 is 2.60 bits per heavy atom. The van der Waals surface area contributed by atoms with Crippen LogP contribution in [0, 0.1) is 5.82 Å². The monoisotopic (exact) mass is 448 g/mol. The average molecular weight is 449 g/mol. The van der Waals surface area contributed by atoms with Crippen LogP contribution < -0.4 is 11.1 Å². The van der Waals surface area contributed by atoms with Crippen LogP contribution in [-0.4, -0.2) is 35.4 Å². The van der Waals surface area contributed by atoms with Crippen molar-refractivity contribution in [3.05, 3.63) is 58.6 Å². The minimum Gasteiger partial charge on any atom is -0.385 e. The zero-order valence-electron chi connectivity index (χ0n) is 15.2. The third-order valence-electron chi connectivity index (χ3n) is 4.49. The maximum Gasteiger partial charge on any atom is 0.451 e. The molecule has 2 unspecified atom stereocenters. The zero-order chi connectivity index (χ0) is 22.3. The van der Waals surface area contributed by atoms with Gasteiger partial charge < -0.3 is 15.8 Å². The Kier molecular flexibility index (Phi) is 5.46. The zero-order valence-corrected chi connectivity index (χ0v) is 16.0. The van der Waals surface area contributed by atoms with Crippen LogP contribution in [0.2, 0.25) is 5.02 Å². The second-order valence-corrected chi connectivity index (χ2v) is 7.00. The minimum absolute atomic E-state index is 0.0603. The van der Waals surface area contributed by atoms with Gasteiger partial charge in [0.05, 0.1) is 5.02 Å². The maximum absolute atomic E-state index is 15.1. The number of hydrogen-bond donors (Lipinski definition) is 2. The molecule has 1 aliphatic heterocycles. The third-order valence-corrected chi connectivity index (χ3v) is 4.71. The van der Waals surface area contributed by atoms with E-state index in [2.05, 4.69) is 20.0 Å². The molecule has 3 rings (SSSR count). The van der Waals surface area contributed by atoms with Gasteiger partial charge in [-0.2, -0.15) is 17.6 Å². The molecule has 0 fully saturated rings. The number of nitrogens with two attached hydrogens (primary N) is 1. The first-order valence-electron chi connectivity index (χ1n) is 8.34. The minimum atomic E-state index is -5.55. The highest BCUT2D eigenvalue weighted by molar-refractivity contribution is 6.30. The average Bonchev–Trinajstić information content (AvgIpc) is 2.66. The van der Waals surface area contributed by atoms with Gasteiger partial charge in [-0.3, -0.25) is 9.79 Å². The molecule has 2 heterocycles. The summed E-state index contributed by atoms with van der Waals surface area (Å²) in [5, 5.41) is 2.62. The molecule has 0 spiro atoms. The summed E-state index contributed by atoms with van der Waals surface area (Å²) in [7, 11) is 0. The highest BCUT2D eigenvalue weighted by Gasteiger charge is 2.71. The highest BCUT2D eigenvalue weighted by Crippen LogP contribution is 2.52. The van der Waals surface area contributed by atoms with E-state index in [1.807, 2.05) is 0 Å². The van der Waals surface area contributed by atoms with Crippen LogP contribution in [0.25, 0.3) is 0 Å². The Balaban J connectivity index is 2.04. The van der Waals surface area contributed by atoms with Gasteiger partial charge in [-0.1, -0.05) is 11.6 Å². The topological polar surface area (TPSA) is 89.6 Å². The fourth-order valence-electron chi connectivity index (χ4n) is 2.98. The molecule has 2 atom stereocenters. The predicted octanol–water partition coefficient (Wildman–Crippen LogP) is 3.96. The van der Waals surface area contributed by atoms with E-state index in [0.717, 1.165) is 18.2 Å². The fourth-order valence-corrected chi connectivity index (χ4v) is 3.09. The van der Waals surface area contributed by atoms with Crippen LogP contribution in [0.1, 0.15) is 23.0 Å². The van der Waals surface area contributed by atoms with E-state index in [4.69, 9.17) is 17.3 Å². The molecule has 0 bridgehead atoms. The van der Waals surface area contributed by atoms with Crippen molar-refractivity contribution in [1.29, 1.82) is 0 Å². The van der Waals surface area contributed by atoms with Crippen LogP contribution in [0.4, 0.5) is 27.6 Å². The Morgan fingerprint density at radius 2 is 2.00 bits per heavy atom. The van der Waals surface area contributed by atoms with Gasteiger partial charge in [0.2, 0.25) is 0 Å². The van der Waals surface area contributed by atoms with Crippen molar-refractivity contribution in [2.45, 2.75) is 24.5 Å². The number of ether oxygens (including phenoxy) is 1. The van der Waals surface area contributed by atoms with Gasteiger partial charge in [-0.15, -0.1) is 0 Å². The van der Waals surface area contributed by atoms with Crippen molar-refractivity contribution >= 4 is 29.0 Å². The predicted molar refractivity (Wildman–Crippen MR) is 98.4 cm³/mol. The van der Waals surface area contributed by atoms with Gasteiger partial charge in [0.25, 0.3) is 5.91 Å². The molecule has 1 aliphatic rings. The van der Waals surface area contributed by atoms with Crippen molar-refractivity contribution in [3.8, 4) is 0 Å². The first-order valence-corrected chi connectivity index (χ1v) is 8.72. The van der Waals surface area contributed by atoms with E-state index in [1.165, 1.54) is 18.3 Å². The molecule has 1 aromatic carbocycles. The number of halogens is 6. The quantitative estimate of drug-likeness (QED) is 0.696. The van der Waals surface area contributed by atoms with Crippen LogP contribution in [-0.2, 0) is 10.3 Å². The maximum atomic E-state index is 15.1. The molecule has 12 heteroatoms. The number of nitrogens with zero attached hydrogens (tertiary/aromatic N) is 2. The second kappa shape index (κ2) is 7.47. The van der Waals surface area contributed by atoms with Gasteiger partial charge in [0.1, 0.15) is 24.0 Å². The van der Waals surface area contributed by atoms with Gasteiger partial charge in [0, 0.05) is 17.4 Å². The van der Waals surface area contributed by atoms with Gasteiger partial charge >= 0.3 is 12.0 Å². The Morgan fingerprint density at radius 1 is 1.30 bits per heavy atom. The summed E-state index contributed by atoms with van der Waals surface area (Å²) >= 11 is 5.69. The number of carbonyl (C=O) groups excluding carboxylic acids is 1. The fraction of sp³-hybridized carbons (Fsp3) is 0.278. The number of nitrogens with one attached hydrogen (secondary N) is 1. The number of rotatable bonds is 3. The normalized spacial score (nSPS) is 24.3. The summed E-state index contributed by atoms with van der Waals surface area (Å²) < 4.78 is 74.5. The molecule has 30 heavy (non-hydrogen) atoms.